The Kier molecular flexibility index (Phi) is 20.0. The van der Waals surface area contributed by atoms with Crippen LogP contribution in [-0.2, 0) is 9.53 Å². The summed E-state index contributed by atoms with van der Waals surface area (Å²) in [7, 11) is 0. The van der Waals surface area contributed by atoms with Crippen molar-refractivity contribution in [2.45, 2.75) is 205 Å². The Hall–Kier alpha value is -0.910. The van der Waals surface area contributed by atoms with Crippen LogP contribution in [0.2, 0.25) is 0 Å². The average molecular weight is 564 g/mol. The molecule has 0 aliphatic carbocycles. The second kappa shape index (κ2) is 22.7. The van der Waals surface area contributed by atoms with Crippen LogP contribution in [0.25, 0.3) is 0 Å². The zero-order valence-corrected chi connectivity index (χ0v) is 26.4. The number of hydrogen-bond acceptors (Lipinski definition) is 5. The van der Waals surface area contributed by atoms with Crippen LogP contribution in [-0.4, -0.2) is 46.6 Å². The summed E-state index contributed by atoms with van der Waals surface area (Å²) in [4.78, 5) is 11.6. The Bertz CT molecular complexity index is 666. The molecule has 0 aromatic rings. The lowest BCUT2D eigenvalue weighted by Gasteiger charge is -2.23. The highest BCUT2D eigenvalue weighted by Crippen LogP contribution is 2.24. The van der Waals surface area contributed by atoms with Gasteiger partial charge >= 0.3 is 5.97 Å². The molecule has 2 aliphatic heterocycles. The molecular formula is C35H65NO4. The predicted octanol–water partition coefficient (Wildman–Crippen LogP) is 8.69. The lowest BCUT2D eigenvalue weighted by atomic mass is 10.00. The van der Waals surface area contributed by atoms with Crippen molar-refractivity contribution in [3.05, 3.63) is 11.6 Å². The minimum Gasteiger partial charge on any atom is -0.455 e. The van der Waals surface area contributed by atoms with Gasteiger partial charge in [-0.05, 0) is 51.5 Å². The van der Waals surface area contributed by atoms with E-state index in [0.29, 0.717) is 0 Å². The van der Waals surface area contributed by atoms with E-state index >= 15 is 0 Å². The van der Waals surface area contributed by atoms with Crippen molar-refractivity contribution in [2.24, 2.45) is 0 Å². The van der Waals surface area contributed by atoms with Crippen molar-refractivity contribution in [2.75, 3.05) is 0 Å². The van der Waals surface area contributed by atoms with E-state index in [2.05, 4.69) is 12.2 Å². The number of carbonyl (C=O) groups is 1. The summed E-state index contributed by atoms with van der Waals surface area (Å²) in [6.07, 6.45) is 31.6. The van der Waals surface area contributed by atoms with Crippen molar-refractivity contribution in [1.29, 1.82) is 0 Å². The summed E-state index contributed by atoms with van der Waals surface area (Å²) in [5.74, 6) is -0.114. The molecule has 2 aliphatic rings. The smallest absolute Gasteiger partial charge is 0.334 e. The zero-order chi connectivity index (χ0) is 28.8. The maximum absolute atomic E-state index is 11.6. The molecule has 0 bridgehead atoms. The predicted molar refractivity (Wildman–Crippen MR) is 167 cm³/mol. The van der Waals surface area contributed by atoms with Gasteiger partial charge in [0.1, 0.15) is 6.10 Å². The number of rotatable bonds is 26. The largest absolute Gasteiger partial charge is 0.455 e. The number of carbonyl (C=O) groups excluding carboxylic acids is 1. The molecule has 5 heteroatoms. The molecule has 0 saturated carbocycles. The molecule has 1 fully saturated rings. The first-order chi connectivity index (χ1) is 19.5. The van der Waals surface area contributed by atoms with Crippen LogP contribution >= 0.6 is 0 Å². The van der Waals surface area contributed by atoms with Crippen molar-refractivity contribution in [1.82, 2.24) is 5.32 Å². The van der Waals surface area contributed by atoms with Crippen molar-refractivity contribution >= 4 is 5.97 Å². The van der Waals surface area contributed by atoms with Crippen LogP contribution in [0.4, 0.5) is 0 Å². The Morgan fingerprint density at radius 3 is 1.50 bits per heavy atom. The summed E-state index contributed by atoms with van der Waals surface area (Å²) in [5.41, 5.74) is 0.873. The van der Waals surface area contributed by atoms with Crippen molar-refractivity contribution in [3.8, 4) is 0 Å². The van der Waals surface area contributed by atoms with E-state index in [-0.39, 0.29) is 36.4 Å². The lowest BCUT2D eigenvalue weighted by Crippen LogP contribution is -2.43. The molecule has 0 unspecified atom stereocenters. The summed E-state index contributed by atoms with van der Waals surface area (Å²) >= 11 is 0. The van der Waals surface area contributed by atoms with E-state index in [4.69, 9.17) is 4.74 Å². The van der Waals surface area contributed by atoms with Crippen molar-refractivity contribution in [3.63, 3.8) is 0 Å². The topological polar surface area (TPSA) is 78.8 Å². The van der Waals surface area contributed by atoms with Gasteiger partial charge in [0.25, 0.3) is 0 Å². The number of esters is 1. The maximum Gasteiger partial charge on any atom is 0.334 e. The Morgan fingerprint density at radius 2 is 1.10 bits per heavy atom. The van der Waals surface area contributed by atoms with Crippen LogP contribution < -0.4 is 5.32 Å². The fraction of sp³-hybridized carbons (Fsp3) is 0.914. The summed E-state index contributed by atoms with van der Waals surface area (Å²) in [6.45, 7) is 4.19. The van der Waals surface area contributed by atoms with Crippen LogP contribution in [0.5, 0.6) is 0 Å². The fourth-order valence-corrected chi connectivity index (χ4v) is 6.55. The first-order valence-electron chi connectivity index (χ1n) is 17.5. The first-order valence-corrected chi connectivity index (χ1v) is 17.5. The molecule has 0 aromatic carbocycles. The summed E-state index contributed by atoms with van der Waals surface area (Å²) in [6, 6.07) is 0.324. The minimum absolute atomic E-state index is 0.0413. The third-order valence-corrected chi connectivity index (χ3v) is 9.19. The van der Waals surface area contributed by atoms with Gasteiger partial charge in [-0.15, -0.1) is 0 Å². The molecule has 5 nitrogen and oxygen atoms in total. The monoisotopic (exact) mass is 563 g/mol. The Labute approximate surface area is 247 Å². The molecule has 3 N–H and O–H groups in total. The zero-order valence-electron chi connectivity index (χ0n) is 26.4. The molecule has 0 radical (unpaired) electrons. The highest BCUT2D eigenvalue weighted by atomic mass is 16.5. The van der Waals surface area contributed by atoms with Crippen LogP contribution in [0.1, 0.15) is 174 Å². The molecule has 0 aromatic heterocycles. The molecule has 234 valence electrons. The molecule has 2 heterocycles. The fourth-order valence-electron chi connectivity index (χ4n) is 6.55. The van der Waals surface area contributed by atoms with Gasteiger partial charge in [0.15, 0.2) is 0 Å². The van der Waals surface area contributed by atoms with Gasteiger partial charge in [0, 0.05) is 17.7 Å². The van der Waals surface area contributed by atoms with E-state index in [1.165, 1.54) is 109 Å². The van der Waals surface area contributed by atoms with Gasteiger partial charge in [-0.2, -0.15) is 0 Å². The minimum atomic E-state index is -0.278. The number of aliphatic hydroxyl groups is 2. The maximum atomic E-state index is 11.6. The van der Waals surface area contributed by atoms with Gasteiger partial charge in [-0.1, -0.05) is 129 Å². The summed E-state index contributed by atoms with van der Waals surface area (Å²) in [5, 5.41) is 24.9. The quantitative estimate of drug-likeness (QED) is 0.0724. The third-order valence-electron chi connectivity index (χ3n) is 9.19. The molecule has 0 spiro atoms. The van der Waals surface area contributed by atoms with Crippen LogP contribution in [0.15, 0.2) is 11.6 Å². The number of nitrogens with one attached hydrogen (secondary N) is 1. The van der Waals surface area contributed by atoms with E-state index in [9.17, 15) is 15.0 Å². The average Bonchev–Trinajstić information content (AvgIpc) is 3.56. The van der Waals surface area contributed by atoms with E-state index in [0.717, 1.165) is 56.9 Å². The van der Waals surface area contributed by atoms with Crippen LogP contribution in [0.3, 0.4) is 0 Å². The molecule has 0 amide bonds. The van der Waals surface area contributed by atoms with E-state index in [1.807, 2.05) is 13.0 Å². The van der Waals surface area contributed by atoms with E-state index < -0.39 is 0 Å². The molecule has 2 rings (SSSR count). The second-order valence-electron chi connectivity index (χ2n) is 12.9. The van der Waals surface area contributed by atoms with Crippen molar-refractivity contribution < 1.29 is 19.7 Å². The van der Waals surface area contributed by atoms with Crippen LogP contribution in [0, 0.1) is 0 Å². The lowest BCUT2D eigenvalue weighted by molar-refractivity contribution is -0.139. The number of ether oxygens (including phenoxy) is 1. The summed E-state index contributed by atoms with van der Waals surface area (Å²) < 4.78 is 5.15. The highest BCUT2D eigenvalue weighted by Gasteiger charge is 2.32. The second-order valence-corrected chi connectivity index (χ2v) is 12.9. The highest BCUT2D eigenvalue weighted by molar-refractivity contribution is 5.90. The molecular weight excluding hydrogens is 498 g/mol. The standard InChI is InChI=1S/C35H65NO4/c1-3-4-5-6-7-8-12-15-18-21-24-33(37)31-26-27-32(36-31)34(38)25-22-19-16-13-10-9-11-14-17-20-23-30-28-29(2)40-35(30)39/h28-29,31-34,36-38H,3-27H2,1-2H3/t29-,31+,32+,33+,34+/m1/s1. The van der Waals surface area contributed by atoms with Gasteiger partial charge in [-0.3, -0.25) is 0 Å². The third kappa shape index (κ3) is 15.9. The molecule has 40 heavy (non-hydrogen) atoms. The van der Waals surface area contributed by atoms with Gasteiger partial charge in [0.2, 0.25) is 0 Å². The number of cyclic esters (lactones) is 1. The Balaban J connectivity index is 1.35. The normalized spacial score (nSPS) is 22.4. The van der Waals surface area contributed by atoms with Gasteiger partial charge in [-0.25, -0.2) is 4.79 Å². The molecule has 5 atom stereocenters. The first kappa shape index (κ1) is 35.3. The van der Waals surface area contributed by atoms with Gasteiger partial charge < -0.3 is 20.3 Å². The number of aliphatic hydroxyl groups excluding tert-OH is 2. The van der Waals surface area contributed by atoms with Gasteiger partial charge in [0.05, 0.1) is 12.2 Å². The number of hydrogen-bond donors (Lipinski definition) is 3. The van der Waals surface area contributed by atoms with E-state index in [1.54, 1.807) is 0 Å². The SMILES string of the molecule is CCCCCCCCCCCC[C@H](O)[C@@H]1CC[C@@H]([C@@H](O)CCCCCCCCCCCCC2=C[C@@H](C)OC2=O)N1. The molecule has 1 saturated heterocycles. The number of unbranched alkanes of at least 4 members (excludes halogenated alkanes) is 18. The Morgan fingerprint density at radius 1 is 0.700 bits per heavy atom.